The monoisotopic (exact) mass is 249 g/mol. The van der Waals surface area contributed by atoms with Crippen LogP contribution in [0, 0.1) is 12.8 Å². The number of nitrogens with zero attached hydrogens (tertiary/aromatic N) is 2. The van der Waals surface area contributed by atoms with Crippen molar-refractivity contribution in [1.82, 2.24) is 15.2 Å². The van der Waals surface area contributed by atoms with Gasteiger partial charge in [0.1, 0.15) is 0 Å². The van der Waals surface area contributed by atoms with Crippen LogP contribution in [0.5, 0.6) is 0 Å². The highest BCUT2D eigenvalue weighted by Crippen LogP contribution is 2.10. The van der Waals surface area contributed by atoms with E-state index < -0.39 is 0 Å². The first kappa shape index (κ1) is 15.1. The standard InChI is InChI=1S/C15H27N3/c1-6-12(2)15(16-4)11-18(5)10-14-9-7-8-13(3)17-14/h7-9,12,15-16H,6,10-11H2,1-5H3. The van der Waals surface area contributed by atoms with Crippen LogP contribution in [0.1, 0.15) is 31.7 Å². The Morgan fingerprint density at radius 3 is 2.67 bits per heavy atom. The van der Waals surface area contributed by atoms with Gasteiger partial charge in [0.15, 0.2) is 0 Å². The average Bonchev–Trinajstić information content (AvgIpc) is 2.35. The highest BCUT2D eigenvalue weighted by Gasteiger charge is 2.15. The highest BCUT2D eigenvalue weighted by atomic mass is 15.1. The predicted octanol–water partition coefficient (Wildman–Crippen LogP) is 2.46. The lowest BCUT2D eigenvalue weighted by Crippen LogP contribution is -2.41. The van der Waals surface area contributed by atoms with Crippen molar-refractivity contribution in [3.63, 3.8) is 0 Å². The van der Waals surface area contributed by atoms with Crippen LogP contribution < -0.4 is 5.32 Å². The first-order valence-electron chi connectivity index (χ1n) is 6.85. The maximum Gasteiger partial charge on any atom is 0.0547 e. The van der Waals surface area contributed by atoms with E-state index in [1.54, 1.807) is 0 Å². The van der Waals surface area contributed by atoms with Gasteiger partial charge in [0.25, 0.3) is 0 Å². The number of likely N-dealkylation sites (N-methyl/N-ethyl adjacent to an activating group) is 2. The van der Waals surface area contributed by atoms with E-state index in [1.807, 2.05) is 13.0 Å². The normalized spacial score (nSPS) is 14.8. The molecule has 1 heterocycles. The number of hydrogen-bond donors (Lipinski definition) is 1. The number of nitrogens with one attached hydrogen (secondary N) is 1. The van der Waals surface area contributed by atoms with Crippen molar-refractivity contribution in [2.75, 3.05) is 20.6 Å². The molecule has 1 aromatic heterocycles. The largest absolute Gasteiger partial charge is 0.315 e. The van der Waals surface area contributed by atoms with E-state index in [-0.39, 0.29) is 0 Å². The maximum absolute atomic E-state index is 4.55. The Balaban J connectivity index is 2.52. The fourth-order valence-electron chi connectivity index (χ4n) is 2.20. The van der Waals surface area contributed by atoms with Gasteiger partial charge in [-0.1, -0.05) is 26.3 Å². The zero-order valence-corrected chi connectivity index (χ0v) is 12.4. The molecule has 1 N–H and O–H groups in total. The van der Waals surface area contributed by atoms with Crippen molar-refractivity contribution in [3.05, 3.63) is 29.6 Å². The molecular weight excluding hydrogens is 222 g/mol. The van der Waals surface area contributed by atoms with Crippen LogP contribution in [-0.4, -0.2) is 36.6 Å². The van der Waals surface area contributed by atoms with Gasteiger partial charge in [-0.3, -0.25) is 9.88 Å². The lowest BCUT2D eigenvalue weighted by Gasteiger charge is -2.27. The predicted molar refractivity (Wildman–Crippen MR) is 77.6 cm³/mol. The molecule has 0 saturated carbocycles. The Morgan fingerprint density at radius 2 is 2.11 bits per heavy atom. The van der Waals surface area contributed by atoms with Crippen LogP contribution >= 0.6 is 0 Å². The zero-order chi connectivity index (χ0) is 13.5. The van der Waals surface area contributed by atoms with Gasteiger partial charge in [0.2, 0.25) is 0 Å². The van der Waals surface area contributed by atoms with Gasteiger partial charge in [-0.15, -0.1) is 0 Å². The molecule has 3 heteroatoms. The second-order valence-electron chi connectivity index (χ2n) is 5.25. The summed E-state index contributed by atoms with van der Waals surface area (Å²) in [6.45, 7) is 8.56. The molecule has 3 nitrogen and oxygen atoms in total. The minimum Gasteiger partial charge on any atom is -0.315 e. The number of hydrogen-bond acceptors (Lipinski definition) is 3. The van der Waals surface area contributed by atoms with E-state index in [0.29, 0.717) is 12.0 Å². The SMILES string of the molecule is CCC(C)C(CN(C)Cc1cccc(C)n1)NC. The van der Waals surface area contributed by atoms with Gasteiger partial charge in [0, 0.05) is 24.8 Å². The second-order valence-corrected chi connectivity index (χ2v) is 5.25. The molecule has 18 heavy (non-hydrogen) atoms. The molecule has 1 aromatic rings. The van der Waals surface area contributed by atoms with Gasteiger partial charge >= 0.3 is 0 Å². The third-order valence-corrected chi connectivity index (χ3v) is 3.59. The van der Waals surface area contributed by atoms with E-state index >= 15 is 0 Å². The summed E-state index contributed by atoms with van der Waals surface area (Å²) in [6, 6.07) is 6.76. The Bertz CT molecular complexity index is 351. The van der Waals surface area contributed by atoms with Gasteiger partial charge in [-0.25, -0.2) is 0 Å². The Kier molecular flexibility index (Phi) is 6.30. The van der Waals surface area contributed by atoms with Gasteiger partial charge in [-0.05, 0) is 39.1 Å². The fraction of sp³-hybridized carbons (Fsp3) is 0.667. The van der Waals surface area contributed by atoms with Crippen molar-refractivity contribution in [3.8, 4) is 0 Å². The third kappa shape index (κ3) is 4.75. The quantitative estimate of drug-likeness (QED) is 0.804. The summed E-state index contributed by atoms with van der Waals surface area (Å²) in [5.74, 6) is 0.697. The molecule has 0 aliphatic heterocycles. The molecule has 0 aliphatic carbocycles. The van der Waals surface area contributed by atoms with E-state index in [0.717, 1.165) is 24.5 Å². The van der Waals surface area contributed by atoms with Crippen molar-refractivity contribution < 1.29 is 0 Å². The highest BCUT2D eigenvalue weighted by molar-refractivity contribution is 5.09. The summed E-state index contributed by atoms with van der Waals surface area (Å²) in [6.07, 6.45) is 1.21. The summed E-state index contributed by atoms with van der Waals surface area (Å²) in [5, 5.41) is 3.42. The molecule has 0 amide bonds. The number of aromatic nitrogens is 1. The molecule has 0 spiro atoms. The molecule has 1 rings (SSSR count). The summed E-state index contributed by atoms with van der Waals surface area (Å²) < 4.78 is 0. The minimum atomic E-state index is 0.546. The molecule has 0 bridgehead atoms. The van der Waals surface area contributed by atoms with Gasteiger partial charge < -0.3 is 5.32 Å². The molecule has 2 atom stereocenters. The molecule has 102 valence electrons. The Hall–Kier alpha value is -0.930. The summed E-state index contributed by atoms with van der Waals surface area (Å²) in [7, 11) is 4.21. The van der Waals surface area contributed by atoms with Crippen molar-refractivity contribution in [2.45, 2.75) is 39.8 Å². The molecule has 0 fully saturated rings. The summed E-state index contributed by atoms with van der Waals surface area (Å²) >= 11 is 0. The molecular formula is C15H27N3. The zero-order valence-electron chi connectivity index (χ0n) is 12.4. The van der Waals surface area contributed by atoms with Crippen molar-refractivity contribution in [2.24, 2.45) is 5.92 Å². The lowest BCUT2D eigenvalue weighted by molar-refractivity contribution is 0.244. The van der Waals surface area contributed by atoms with Crippen LogP contribution in [0.15, 0.2) is 18.2 Å². The molecule has 0 saturated heterocycles. The third-order valence-electron chi connectivity index (χ3n) is 3.59. The molecule has 0 aromatic carbocycles. The molecule has 0 aliphatic rings. The smallest absolute Gasteiger partial charge is 0.0547 e. The minimum absolute atomic E-state index is 0.546. The topological polar surface area (TPSA) is 28.2 Å². The van der Waals surface area contributed by atoms with Crippen LogP contribution in [0.3, 0.4) is 0 Å². The van der Waals surface area contributed by atoms with Crippen molar-refractivity contribution >= 4 is 0 Å². The first-order chi connectivity index (χ1) is 8.56. The van der Waals surface area contributed by atoms with Crippen LogP contribution in [0.25, 0.3) is 0 Å². The fourth-order valence-corrected chi connectivity index (χ4v) is 2.20. The molecule has 0 radical (unpaired) electrons. The summed E-state index contributed by atoms with van der Waals surface area (Å²) in [4.78, 5) is 6.89. The summed E-state index contributed by atoms with van der Waals surface area (Å²) in [5.41, 5.74) is 2.24. The van der Waals surface area contributed by atoms with E-state index in [2.05, 4.69) is 55.3 Å². The van der Waals surface area contributed by atoms with Crippen LogP contribution in [0.4, 0.5) is 0 Å². The number of aryl methyl sites for hydroxylation is 1. The number of pyridine rings is 1. The van der Waals surface area contributed by atoms with Crippen LogP contribution in [-0.2, 0) is 6.54 Å². The van der Waals surface area contributed by atoms with Gasteiger partial charge in [0.05, 0.1) is 5.69 Å². The van der Waals surface area contributed by atoms with Crippen molar-refractivity contribution in [1.29, 1.82) is 0 Å². The van der Waals surface area contributed by atoms with Gasteiger partial charge in [-0.2, -0.15) is 0 Å². The van der Waals surface area contributed by atoms with E-state index in [4.69, 9.17) is 0 Å². The Labute approximate surface area is 112 Å². The maximum atomic E-state index is 4.55. The van der Waals surface area contributed by atoms with Crippen LogP contribution in [0.2, 0.25) is 0 Å². The lowest BCUT2D eigenvalue weighted by atomic mass is 9.99. The Morgan fingerprint density at radius 1 is 1.39 bits per heavy atom. The second kappa shape index (κ2) is 7.49. The molecule has 2 unspecified atom stereocenters. The first-order valence-corrected chi connectivity index (χ1v) is 6.85. The van der Waals surface area contributed by atoms with E-state index in [1.165, 1.54) is 6.42 Å². The van der Waals surface area contributed by atoms with E-state index in [9.17, 15) is 0 Å². The number of rotatable bonds is 7. The average molecular weight is 249 g/mol.